The van der Waals surface area contributed by atoms with Crippen LogP contribution in [-0.4, -0.2) is 23.2 Å². The second-order valence-corrected chi connectivity index (χ2v) is 13.3. The summed E-state index contributed by atoms with van der Waals surface area (Å²) in [5.74, 6) is 0.863. The number of esters is 1. The van der Waals surface area contributed by atoms with Gasteiger partial charge in [0.25, 0.3) is 5.56 Å². The number of rotatable bonds is 9. The first-order valence-corrected chi connectivity index (χ1v) is 17.0. The van der Waals surface area contributed by atoms with Gasteiger partial charge in [0, 0.05) is 5.56 Å². The molecule has 5 aromatic rings. The quantitative estimate of drug-likeness (QED) is 0.121. The highest BCUT2D eigenvalue weighted by atomic mass is 127. The fourth-order valence-corrected chi connectivity index (χ4v) is 7.34. The van der Waals surface area contributed by atoms with E-state index in [9.17, 15) is 9.59 Å². The SMILES string of the molecule is CCOC(=O)C1=C(C)N=c2s/c(=C/c3ccc(OCc4cccc5ccccc45)c(I)c3)c(=O)n2[C@H]1c1ccccc1OC(C)C. The van der Waals surface area contributed by atoms with Crippen LogP contribution in [-0.2, 0) is 16.1 Å². The number of para-hydroxylation sites is 1. The van der Waals surface area contributed by atoms with Gasteiger partial charge in [-0.05, 0) is 96.5 Å². The molecule has 4 aromatic carbocycles. The predicted octanol–water partition coefficient (Wildman–Crippen LogP) is 6.92. The maximum absolute atomic E-state index is 14.1. The van der Waals surface area contributed by atoms with Crippen molar-refractivity contribution in [2.24, 2.45) is 4.99 Å². The van der Waals surface area contributed by atoms with Crippen LogP contribution in [0, 0.1) is 3.57 Å². The van der Waals surface area contributed by atoms with Gasteiger partial charge in [0.1, 0.15) is 24.1 Å². The monoisotopic (exact) mass is 744 g/mol. The molecule has 6 rings (SSSR count). The predicted molar refractivity (Wildman–Crippen MR) is 190 cm³/mol. The zero-order valence-corrected chi connectivity index (χ0v) is 28.9. The van der Waals surface area contributed by atoms with Crippen molar-refractivity contribution >= 4 is 56.7 Å². The van der Waals surface area contributed by atoms with Gasteiger partial charge in [-0.15, -0.1) is 0 Å². The van der Waals surface area contributed by atoms with E-state index in [4.69, 9.17) is 19.2 Å². The number of carbonyl (C=O) groups excluding carboxylic acids is 1. The standard InChI is InChI=1S/C37H33IN2O5S/c1-5-43-36(42)33-23(4)39-37-40(34(33)28-15-8-9-16-30(28)45-22(2)3)35(41)32(46-37)20-24-17-18-31(29(38)19-24)44-21-26-13-10-12-25-11-6-7-14-27(25)26/h6-20,22,34H,5,21H2,1-4H3/b32-20+/t34-/m0/s1. The fourth-order valence-electron chi connectivity index (χ4n) is 5.60. The van der Waals surface area contributed by atoms with Crippen molar-refractivity contribution < 1.29 is 19.0 Å². The van der Waals surface area contributed by atoms with E-state index < -0.39 is 12.0 Å². The number of ether oxygens (including phenoxy) is 3. The van der Waals surface area contributed by atoms with Crippen LogP contribution in [0.2, 0.25) is 0 Å². The molecule has 0 fully saturated rings. The Bertz CT molecular complexity index is 2160. The van der Waals surface area contributed by atoms with Crippen LogP contribution in [0.25, 0.3) is 16.8 Å². The molecule has 0 radical (unpaired) electrons. The lowest BCUT2D eigenvalue weighted by Gasteiger charge is -2.26. The molecule has 1 atom stereocenters. The van der Waals surface area contributed by atoms with Crippen molar-refractivity contribution in [2.45, 2.75) is 46.4 Å². The number of nitrogens with zero attached hydrogens (tertiary/aromatic N) is 2. The van der Waals surface area contributed by atoms with Crippen molar-refractivity contribution in [2.75, 3.05) is 6.61 Å². The van der Waals surface area contributed by atoms with Crippen molar-refractivity contribution in [1.82, 2.24) is 4.57 Å². The highest BCUT2D eigenvalue weighted by molar-refractivity contribution is 14.1. The van der Waals surface area contributed by atoms with Gasteiger partial charge < -0.3 is 14.2 Å². The van der Waals surface area contributed by atoms with Gasteiger partial charge in [0.05, 0.1) is 32.1 Å². The highest BCUT2D eigenvalue weighted by Crippen LogP contribution is 2.36. The number of benzene rings is 4. The van der Waals surface area contributed by atoms with E-state index in [0.717, 1.165) is 20.4 Å². The molecule has 234 valence electrons. The number of halogens is 1. The second kappa shape index (κ2) is 13.6. The maximum atomic E-state index is 14.1. The van der Waals surface area contributed by atoms with E-state index in [1.54, 1.807) is 18.4 Å². The Hall–Kier alpha value is -4.22. The van der Waals surface area contributed by atoms with Crippen molar-refractivity contribution in [3.8, 4) is 11.5 Å². The number of aromatic nitrogens is 1. The molecule has 2 heterocycles. The fraction of sp³-hybridized carbons (Fsp3) is 0.216. The number of hydrogen-bond acceptors (Lipinski definition) is 7. The molecule has 0 bridgehead atoms. The minimum Gasteiger partial charge on any atom is -0.491 e. The zero-order chi connectivity index (χ0) is 32.4. The Labute approximate surface area is 284 Å². The molecular formula is C37H33IN2O5S. The topological polar surface area (TPSA) is 79.1 Å². The Morgan fingerprint density at radius 1 is 1.02 bits per heavy atom. The molecule has 7 nitrogen and oxygen atoms in total. The zero-order valence-electron chi connectivity index (χ0n) is 26.0. The maximum Gasteiger partial charge on any atom is 0.338 e. The molecule has 9 heteroatoms. The first-order valence-electron chi connectivity index (χ1n) is 15.1. The summed E-state index contributed by atoms with van der Waals surface area (Å²) in [7, 11) is 0. The number of carbonyl (C=O) groups is 1. The Kier molecular flexibility index (Phi) is 9.42. The summed E-state index contributed by atoms with van der Waals surface area (Å²) in [6.07, 6.45) is 1.76. The van der Waals surface area contributed by atoms with Gasteiger partial charge in [-0.25, -0.2) is 9.79 Å². The van der Waals surface area contributed by atoms with Crippen molar-refractivity contribution in [3.05, 3.63) is 136 Å². The molecule has 0 spiro atoms. The van der Waals surface area contributed by atoms with Crippen LogP contribution in [0.5, 0.6) is 11.5 Å². The lowest BCUT2D eigenvalue weighted by molar-refractivity contribution is -0.139. The summed E-state index contributed by atoms with van der Waals surface area (Å²) in [6, 6.07) is 27.1. The molecule has 0 unspecified atom stereocenters. The first-order chi connectivity index (χ1) is 22.2. The minimum atomic E-state index is -0.752. The summed E-state index contributed by atoms with van der Waals surface area (Å²) in [4.78, 5) is 32.6. The largest absolute Gasteiger partial charge is 0.491 e. The van der Waals surface area contributed by atoms with Gasteiger partial charge in [-0.3, -0.25) is 9.36 Å². The summed E-state index contributed by atoms with van der Waals surface area (Å²) in [6.45, 7) is 8.07. The molecule has 0 N–H and O–H groups in total. The minimum absolute atomic E-state index is 0.102. The average molecular weight is 745 g/mol. The third kappa shape index (κ3) is 6.39. The van der Waals surface area contributed by atoms with Crippen LogP contribution < -0.4 is 24.4 Å². The summed E-state index contributed by atoms with van der Waals surface area (Å²) in [5.41, 5.74) is 3.26. The Morgan fingerprint density at radius 3 is 2.57 bits per heavy atom. The molecule has 1 aliphatic heterocycles. The molecule has 0 saturated carbocycles. The number of allylic oxidation sites excluding steroid dienone is 1. The molecule has 0 saturated heterocycles. The van der Waals surface area contributed by atoms with Crippen LogP contribution in [0.3, 0.4) is 0 Å². The van der Waals surface area contributed by atoms with E-state index >= 15 is 0 Å². The third-order valence-corrected chi connectivity index (χ3v) is 9.44. The summed E-state index contributed by atoms with van der Waals surface area (Å²) in [5, 5.41) is 2.35. The van der Waals surface area contributed by atoms with Crippen LogP contribution >= 0.6 is 33.9 Å². The van der Waals surface area contributed by atoms with E-state index in [0.29, 0.717) is 38.5 Å². The smallest absolute Gasteiger partial charge is 0.338 e. The molecule has 1 aromatic heterocycles. The summed E-state index contributed by atoms with van der Waals surface area (Å²) < 4.78 is 20.8. The van der Waals surface area contributed by atoms with Crippen LogP contribution in [0.4, 0.5) is 0 Å². The molecular weight excluding hydrogens is 711 g/mol. The molecule has 46 heavy (non-hydrogen) atoms. The molecule has 0 amide bonds. The van der Waals surface area contributed by atoms with Crippen LogP contribution in [0.15, 0.2) is 106 Å². The molecule has 1 aliphatic rings. The lowest BCUT2D eigenvalue weighted by atomic mass is 9.95. The van der Waals surface area contributed by atoms with Crippen molar-refractivity contribution in [1.29, 1.82) is 0 Å². The van der Waals surface area contributed by atoms with Gasteiger partial charge >= 0.3 is 5.97 Å². The van der Waals surface area contributed by atoms with E-state index in [1.165, 1.54) is 22.1 Å². The second-order valence-electron chi connectivity index (χ2n) is 11.1. The Morgan fingerprint density at radius 2 is 1.78 bits per heavy atom. The number of hydrogen-bond donors (Lipinski definition) is 0. The number of thiazole rings is 1. The van der Waals surface area contributed by atoms with Crippen molar-refractivity contribution in [3.63, 3.8) is 0 Å². The average Bonchev–Trinajstić information content (AvgIpc) is 3.33. The van der Waals surface area contributed by atoms with Crippen LogP contribution in [0.1, 0.15) is 50.4 Å². The van der Waals surface area contributed by atoms with E-state index in [2.05, 4.69) is 46.9 Å². The van der Waals surface area contributed by atoms with Gasteiger partial charge in [0.15, 0.2) is 4.80 Å². The highest BCUT2D eigenvalue weighted by Gasteiger charge is 2.35. The van der Waals surface area contributed by atoms with E-state index in [-0.39, 0.29) is 18.3 Å². The lowest BCUT2D eigenvalue weighted by Crippen LogP contribution is -2.40. The summed E-state index contributed by atoms with van der Waals surface area (Å²) >= 11 is 3.56. The van der Waals surface area contributed by atoms with E-state index in [1.807, 2.05) is 80.6 Å². The third-order valence-electron chi connectivity index (χ3n) is 7.61. The number of fused-ring (bicyclic) bond motifs is 2. The van der Waals surface area contributed by atoms with Gasteiger partial charge in [-0.2, -0.15) is 0 Å². The Balaban J connectivity index is 1.37. The molecule has 0 aliphatic carbocycles. The van der Waals surface area contributed by atoms with Gasteiger partial charge in [-0.1, -0.05) is 78.1 Å². The normalized spacial score (nSPS) is 14.7. The first kappa shape index (κ1) is 31.7. The van der Waals surface area contributed by atoms with Gasteiger partial charge in [0.2, 0.25) is 0 Å².